The highest BCUT2D eigenvalue weighted by molar-refractivity contribution is 6.20. The highest BCUT2D eigenvalue weighted by Gasteiger charge is 2.35. The summed E-state index contributed by atoms with van der Waals surface area (Å²) in [5, 5.41) is 9.49. The Balaban J connectivity index is 0.747. The SMILES string of the molecule is CC1(C)c2ccccc2-c2ccc(N(c3ccc(-c4ccc(-c5ccc6oc7ccc8ccccc8c7c6c5)cc4)cc3)c3ccc(-c4ccc(-c5ccc6oc7ccc8ccccc8c7c6c5)cc4)cc3)cc21. The van der Waals surface area contributed by atoms with Crippen LogP contribution in [0.5, 0.6) is 0 Å². The van der Waals surface area contributed by atoms with Gasteiger partial charge >= 0.3 is 0 Å². The molecule has 0 saturated heterocycles. The Morgan fingerprint density at radius 3 is 1.16 bits per heavy atom. The standard InChI is InChI=1S/C71H47NO2/c1-71(2)63-14-8-7-13-59(63)60-36-35-56(43-64(60)71)72(54-31-23-46(24-32-54)44-15-19-48(20-16-44)52-29-37-65-61(41-52)69-57-11-5-3-9-50(57)27-39-67(69)73-65)55-33-25-47(26-34-55)45-17-21-49(22-18-45)53-30-38-66-62(42-53)70-58-12-6-4-10-51(58)28-40-68(70)74-66/h3-43H,1-2H3. The largest absolute Gasteiger partial charge is 0.456 e. The summed E-state index contributed by atoms with van der Waals surface area (Å²) in [6.07, 6.45) is 0. The third kappa shape index (κ3) is 6.67. The number of rotatable bonds is 7. The summed E-state index contributed by atoms with van der Waals surface area (Å²) >= 11 is 0. The van der Waals surface area contributed by atoms with Crippen molar-refractivity contribution in [3.8, 4) is 55.6 Å². The van der Waals surface area contributed by atoms with Crippen LogP contribution in [0.2, 0.25) is 0 Å². The lowest BCUT2D eigenvalue weighted by molar-refractivity contribution is 0.660. The summed E-state index contributed by atoms with van der Waals surface area (Å²) in [6.45, 7) is 4.70. The van der Waals surface area contributed by atoms with Gasteiger partial charge in [0.15, 0.2) is 0 Å². The van der Waals surface area contributed by atoms with Crippen molar-refractivity contribution in [1.29, 1.82) is 0 Å². The molecule has 2 heterocycles. The first-order valence-electron chi connectivity index (χ1n) is 25.5. The molecule has 2 aromatic heterocycles. The average molecular weight is 946 g/mol. The lowest BCUT2D eigenvalue weighted by atomic mass is 9.82. The van der Waals surface area contributed by atoms with Crippen LogP contribution in [0.25, 0.3) is 121 Å². The predicted molar refractivity (Wildman–Crippen MR) is 310 cm³/mol. The third-order valence-corrected chi connectivity index (χ3v) is 15.9. The van der Waals surface area contributed by atoms with Crippen molar-refractivity contribution < 1.29 is 8.83 Å². The minimum Gasteiger partial charge on any atom is -0.456 e. The van der Waals surface area contributed by atoms with Gasteiger partial charge in [0.25, 0.3) is 0 Å². The van der Waals surface area contributed by atoms with Crippen LogP contribution in [0.1, 0.15) is 25.0 Å². The van der Waals surface area contributed by atoms with Gasteiger partial charge in [0.1, 0.15) is 22.3 Å². The number of hydrogen-bond acceptors (Lipinski definition) is 3. The van der Waals surface area contributed by atoms with Crippen LogP contribution >= 0.6 is 0 Å². The number of fused-ring (bicyclic) bond motifs is 13. The number of benzene rings is 12. The van der Waals surface area contributed by atoms with Gasteiger partial charge in [-0.3, -0.25) is 0 Å². The Kier molecular flexibility index (Phi) is 9.31. The quantitative estimate of drug-likeness (QED) is 0.159. The van der Waals surface area contributed by atoms with Gasteiger partial charge in [-0.25, -0.2) is 0 Å². The van der Waals surface area contributed by atoms with Crippen LogP contribution in [0.3, 0.4) is 0 Å². The van der Waals surface area contributed by atoms with Gasteiger partial charge in [-0.05, 0) is 161 Å². The molecule has 3 heteroatoms. The van der Waals surface area contributed by atoms with E-state index in [0.717, 1.165) is 50.2 Å². The topological polar surface area (TPSA) is 29.5 Å². The summed E-state index contributed by atoms with van der Waals surface area (Å²) < 4.78 is 12.6. The van der Waals surface area contributed by atoms with Crippen LogP contribution in [-0.4, -0.2) is 0 Å². The van der Waals surface area contributed by atoms with E-state index in [1.165, 1.54) is 99.1 Å². The predicted octanol–water partition coefficient (Wildman–Crippen LogP) is 20.2. The van der Waals surface area contributed by atoms with Crippen molar-refractivity contribution >= 4 is 82.5 Å². The Bertz CT molecular complexity index is 4300. The third-order valence-electron chi connectivity index (χ3n) is 15.9. The molecule has 0 spiro atoms. The molecule has 0 saturated carbocycles. The minimum absolute atomic E-state index is 0.126. The van der Waals surface area contributed by atoms with E-state index >= 15 is 0 Å². The maximum Gasteiger partial charge on any atom is 0.136 e. The van der Waals surface area contributed by atoms with Crippen LogP contribution in [0.15, 0.2) is 258 Å². The second-order valence-electron chi connectivity index (χ2n) is 20.4. The zero-order valence-electron chi connectivity index (χ0n) is 40.9. The van der Waals surface area contributed by atoms with Gasteiger partial charge in [0, 0.05) is 44.0 Å². The van der Waals surface area contributed by atoms with Crippen molar-refractivity contribution in [1.82, 2.24) is 0 Å². The van der Waals surface area contributed by atoms with Gasteiger partial charge in [0.2, 0.25) is 0 Å². The molecular weight excluding hydrogens is 899 g/mol. The van der Waals surface area contributed by atoms with Gasteiger partial charge in [-0.15, -0.1) is 0 Å². The van der Waals surface area contributed by atoms with E-state index < -0.39 is 0 Å². The summed E-state index contributed by atoms with van der Waals surface area (Å²) in [6, 6.07) is 90.5. The van der Waals surface area contributed by atoms with Crippen molar-refractivity contribution in [3.05, 3.63) is 260 Å². The minimum atomic E-state index is -0.126. The number of hydrogen-bond donors (Lipinski definition) is 0. The lowest BCUT2D eigenvalue weighted by Gasteiger charge is -2.28. The van der Waals surface area contributed by atoms with Crippen LogP contribution in [0.4, 0.5) is 17.1 Å². The van der Waals surface area contributed by atoms with Gasteiger partial charge in [-0.1, -0.05) is 190 Å². The Morgan fingerprint density at radius 1 is 0.284 bits per heavy atom. The molecular formula is C71H47NO2. The molecule has 14 aromatic rings. The fraction of sp³-hybridized carbons (Fsp3) is 0.0423. The summed E-state index contributed by atoms with van der Waals surface area (Å²) in [5.41, 5.74) is 21.5. The zero-order valence-corrected chi connectivity index (χ0v) is 40.9. The summed E-state index contributed by atoms with van der Waals surface area (Å²) in [7, 11) is 0. The molecule has 0 aliphatic heterocycles. The van der Waals surface area contributed by atoms with E-state index in [0.29, 0.717) is 0 Å². The van der Waals surface area contributed by atoms with E-state index in [1.807, 2.05) is 0 Å². The first kappa shape index (κ1) is 42.3. The first-order valence-corrected chi connectivity index (χ1v) is 25.5. The first-order chi connectivity index (χ1) is 36.4. The Labute approximate surface area is 428 Å². The average Bonchev–Trinajstić information content (AvgIpc) is 4.14. The van der Waals surface area contributed by atoms with Crippen molar-refractivity contribution in [3.63, 3.8) is 0 Å². The van der Waals surface area contributed by atoms with Crippen molar-refractivity contribution in [2.24, 2.45) is 0 Å². The van der Waals surface area contributed by atoms with Crippen molar-refractivity contribution in [2.75, 3.05) is 4.90 Å². The highest BCUT2D eigenvalue weighted by atomic mass is 16.3. The molecule has 0 amide bonds. The number of anilines is 3. The van der Waals surface area contributed by atoms with E-state index in [4.69, 9.17) is 8.83 Å². The molecule has 1 aliphatic carbocycles. The molecule has 0 atom stereocenters. The van der Waals surface area contributed by atoms with E-state index in [-0.39, 0.29) is 5.41 Å². The maximum absolute atomic E-state index is 6.31. The van der Waals surface area contributed by atoms with Gasteiger partial charge in [0.05, 0.1) is 0 Å². The molecule has 0 unspecified atom stereocenters. The molecule has 1 aliphatic rings. The molecule has 3 nitrogen and oxygen atoms in total. The molecule has 0 radical (unpaired) electrons. The van der Waals surface area contributed by atoms with Gasteiger partial charge in [-0.2, -0.15) is 0 Å². The molecule has 348 valence electrons. The molecule has 74 heavy (non-hydrogen) atoms. The van der Waals surface area contributed by atoms with Crippen LogP contribution in [0, 0.1) is 0 Å². The zero-order chi connectivity index (χ0) is 49.1. The molecule has 15 rings (SSSR count). The normalized spacial score (nSPS) is 12.8. The monoisotopic (exact) mass is 945 g/mol. The summed E-state index contributed by atoms with van der Waals surface area (Å²) in [4.78, 5) is 2.40. The van der Waals surface area contributed by atoms with E-state index in [9.17, 15) is 0 Å². The fourth-order valence-corrected chi connectivity index (χ4v) is 12.0. The molecule has 0 bridgehead atoms. The summed E-state index contributed by atoms with van der Waals surface area (Å²) in [5.74, 6) is 0. The fourth-order valence-electron chi connectivity index (χ4n) is 12.0. The Hall–Kier alpha value is -9.44. The lowest BCUT2D eigenvalue weighted by Crippen LogP contribution is -2.16. The molecule has 0 fully saturated rings. The number of nitrogens with zero attached hydrogens (tertiary/aromatic N) is 1. The van der Waals surface area contributed by atoms with E-state index in [2.05, 4.69) is 267 Å². The molecule has 0 N–H and O–H groups in total. The maximum atomic E-state index is 6.31. The van der Waals surface area contributed by atoms with E-state index in [1.54, 1.807) is 0 Å². The van der Waals surface area contributed by atoms with Crippen molar-refractivity contribution in [2.45, 2.75) is 19.3 Å². The second kappa shape index (κ2) is 16.3. The molecule has 12 aromatic carbocycles. The van der Waals surface area contributed by atoms with Crippen LogP contribution in [-0.2, 0) is 5.41 Å². The smallest absolute Gasteiger partial charge is 0.136 e. The van der Waals surface area contributed by atoms with Gasteiger partial charge < -0.3 is 13.7 Å². The second-order valence-corrected chi connectivity index (χ2v) is 20.4. The number of furan rings is 2. The highest BCUT2D eigenvalue weighted by Crippen LogP contribution is 2.51. The Morgan fingerprint density at radius 2 is 0.662 bits per heavy atom. The van der Waals surface area contributed by atoms with Crippen LogP contribution < -0.4 is 4.90 Å².